The number of nitrogens with one attached hydrogen (secondary N) is 2. The van der Waals surface area contributed by atoms with Gasteiger partial charge in [-0.05, 0) is 47.5 Å². The third kappa shape index (κ3) is 4.40. The molecule has 2 heterocycles. The number of carbonyl (C=O) groups is 3. The number of ether oxygens (including phenoxy) is 2. The maximum absolute atomic E-state index is 13.8. The molecule has 0 bridgehead atoms. The summed E-state index contributed by atoms with van der Waals surface area (Å²) in [6.07, 6.45) is 0.222. The fourth-order valence-electron chi connectivity index (χ4n) is 4.88. The second kappa shape index (κ2) is 9.77. The summed E-state index contributed by atoms with van der Waals surface area (Å²) in [6.45, 7) is 0. The SMILES string of the molecule is COC(=O)c1ccc(C2c3[nH]c4ccccc4c3CC(C(=O)OC)N2C(=O)Nc2cccc(F)c2)cc1. The van der Waals surface area contributed by atoms with Crippen molar-refractivity contribution in [2.24, 2.45) is 0 Å². The largest absolute Gasteiger partial charge is 0.467 e. The molecule has 188 valence electrons. The molecule has 2 atom stereocenters. The monoisotopic (exact) mass is 501 g/mol. The van der Waals surface area contributed by atoms with E-state index in [1.54, 1.807) is 30.3 Å². The quantitative estimate of drug-likeness (QED) is 0.391. The van der Waals surface area contributed by atoms with E-state index >= 15 is 0 Å². The summed E-state index contributed by atoms with van der Waals surface area (Å²) >= 11 is 0. The van der Waals surface area contributed by atoms with Crippen LogP contribution in [0, 0.1) is 5.82 Å². The number of halogens is 1. The first-order valence-corrected chi connectivity index (χ1v) is 11.6. The molecule has 5 rings (SSSR count). The molecule has 1 aliphatic heterocycles. The highest BCUT2D eigenvalue weighted by atomic mass is 19.1. The number of anilines is 1. The lowest BCUT2D eigenvalue weighted by atomic mass is 9.88. The summed E-state index contributed by atoms with van der Waals surface area (Å²) in [5.74, 6) is -1.58. The molecule has 4 aromatic rings. The number of rotatable bonds is 4. The van der Waals surface area contributed by atoms with Crippen LogP contribution in [0.3, 0.4) is 0 Å². The zero-order valence-corrected chi connectivity index (χ0v) is 20.2. The highest BCUT2D eigenvalue weighted by Crippen LogP contribution is 2.41. The molecule has 37 heavy (non-hydrogen) atoms. The van der Waals surface area contributed by atoms with Gasteiger partial charge in [0.2, 0.25) is 0 Å². The minimum absolute atomic E-state index is 0.222. The van der Waals surface area contributed by atoms with Crippen molar-refractivity contribution < 1.29 is 28.2 Å². The van der Waals surface area contributed by atoms with Gasteiger partial charge in [0.05, 0.1) is 19.8 Å². The molecule has 2 N–H and O–H groups in total. The van der Waals surface area contributed by atoms with Gasteiger partial charge in [-0.3, -0.25) is 4.90 Å². The van der Waals surface area contributed by atoms with Gasteiger partial charge in [0.25, 0.3) is 0 Å². The Bertz CT molecular complexity index is 1500. The van der Waals surface area contributed by atoms with Gasteiger partial charge >= 0.3 is 18.0 Å². The number of nitrogens with zero attached hydrogens (tertiary/aromatic N) is 1. The van der Waals surface area contributed by atoms with Crippen molar-refractivity contribution in [3.8, 4) is 0 Å². The molecule has 2 unspecified atom stereocenters. The van der Waals surface area contributed by atoms with Crippen molar-refractivity contribution in [2.75, 3.05) is 19.5 Å². The molecule has 8 nitrogen and oxygen atoms in total. The van der Waals surface area contributed by atoms with Crippen LogP contribution in [0.1, 0.15) is 33.2 Å². The number of fused-ring (bicyclic) bond motifs is 3. The van der Waals surface area contributed by atoms with Crippen molar-refractivity contribution in [1.82, 2.24) is 9.88 Å². The number of aromatic amines is 1. The molecule has 2 amide bonds. The Hall–Kier alpha value is -4.66. The van der Waals surface area contributed by atoms with E-state index in [1.807, 2.05) is 24.3 Å². The first-order valence-electron chi connectivity index (χ1n) is 11.6. The zero-order valence-electron chi connectivity index (χ0n) is 20.2. The van der Waals surface area contributed by atoms with Crippen molar-refractivity contribution in [1.29, 1.82) is 0 Å². The van der Waals surface area contributed by atoms with E-state index in [0.717, 1.165) is 22.2 Å². The van der Waals surface area contributed by atoms with Crippen molar-refractivity contribution in [3.05, 3.63) is 101 Å². The number of benzene rings is 3. The number of methoxy groups -OCH3 is 2. The highest BCUT2D eigenvalue weighted by molar-refractivity contribution is 5.95. The van der Waals surface area contributed by atoms with E-state index in [0.29, 0.717) is 11.1 Å². The summed E-state index contributed by atoms with van der Waals surface area (Å²) in [7, 11) is 2.57. The van der Waals surface area contributed by atoms with E-state index in [2.05, 4.69) is 10.3 Å². The van der Waals surface area contributed by atoms with Crippen LogP contribution in [0.4, 0.5) is 14.9 Å². The first kappa shape index (κ1) is 24.1. The number of urea groups is 1. The van der Waals surface area contributed by atoms with Gasteiger partial charge in [-0.1, -0.05) is 36.4 Å². The Morgan fingerprint density at radius 2 is 1.73 bits per heavy atom. The van der Waals surface area contributed by atoms with Crippen LogP contribution in [0.25, 0.3) is 10.9 Å². The average Bonchev–Trinajstić information content (AvgIpc) is 3.29. The standard InChI is InChI=1S/C28H24FN3O5/c1-36-26(33)17-12-10-16(11-13-17)25-24-21(20-8-3-4-9-22(20)31-24)15-23(27(34)37-2)32(25)28(35)30-19-7-5-6-18(29)14-19/h3-14,23,25,31H,15H2,1-2H3,(H,30,35). The molecular weight excluding hydrogens is 477 g/mol. The predicted octanol–water partition coefficient (Wildman–Crippen LogP) is 4.81. The topological polar surface area (TPSA) is 101 Å². The van der Waals surface area contributed by atoms with E-state index in [4.69, 9.17) is 9.47 Å². The van der Waals surface area contributed by atoms with Crippen LogP contribution < -0.4 is 5.32 Å². The van der Waals surface area contributed by atoms with Gasteiger partial charge in [-0.15, -0.1) is 0 Å². The maximum atomic E-state index is 13.8. The number of para-hydroxylation sites is 1. The summed E-state index contributed by atoms with van der Waals surface area (Å²) in [5.41, 5.74) is 3.74. The fraction of sp³-hybridized carbons (Fsp3) is 0.179. The third-order valence-corrected chi connectivity index (χ3v) is 6.56. The first-order chi connectivity index (χ1) is 17.9. The van der Waals surface area contributed by atoms with Crippen molar-refractivity contribution in [2.45, 2.75) is 18.5 Å². The van der Waals surface area contributed by atoms with E-state index < -0.39 is 35.9 Å². The fourth-order valence-corrected chi connectivity index (χ4v) is 4.88. The summed E-state index contributed by atoms with van der Waals surface area (Å²) in [4.78, 5) is 43.6. The summed E-state index contributed by atoms with van der Waals surface area (Å²) < 4.78 is 23.7. The smallest absolute Gasteiger partial charge is 0.337 e. The highest BCUT2D eigenvalue weighted by Gasteiger charge is 2.44. The van der Waals surface area contributed by atoms with E-state index in [9.17, 15) is 18.8 Å². The summed E-state index contributed by atoms with van der Waals surface area (Å²) in [6, 6.07) is 17.6. The van der Waals surface area contributed by atoms with Crippen molar-refractivity contribution >= 4 is 34.6 Å². The molecule has 1 aromatic heterocycles. The molecule has 0 radical (unpaired) electrons. The Morgan fingerprint density at radius 1 is 0.973 bits per heavy atom. The zero-order chi connectivity index (χ0) is 26.1. The second-order valence-corrected chi connectivity index (χ2v) is 8.67. The molecule has 0 saturated carbocycles. The van der Waals surface area contributed by atoms with Gasteiger partial charge < -0.3 is 19.8 Å². The Labute approximate surface area is 212 Å². The second-order valence-electron chi connectivity index (χ2n) is 8.67. The van der Waals surface area contributed by atoms with Gasteiger partial charge in [0.15, 0.2) is 0 Å². The Kier molecular flexibility index (Phi) is 6.35. The third-order valence-electron chi connectivity index (χ3n) is 6.56. The molecular formula is C28H24FN3O5. The number of H-pyrrole nitrogens is 1. The molecule has 0 saturated heterocycles. The lowest BCUT2D eigenvalue weighted by Gasteiger charge is -2.40. The maximum Gasteiger partial charge on any atom is 0.337 e. The summed E-state index contributed by atoms with van der Waals surface area (Å²) in [5, 5.41) is 3.65. The van der Waals surface area contributed by atoms with Crippen LogP contribution in [0.5, 0.6) is 0 Å². The molecule has 0 aliphatic carbocycles. The van der Waals surface area contributed by atoms with E-state index in [1.165, 1.54) is 37.3 Å². The van der Waals surface area contributed by atoms with Gasteiger partial charge in [-0.25, -0.2) is 18.8 Å². The number of aromatic nitrogens is 1. The minimum atomic E-state index is -0.962. The lowest BCUT2D eigenvalue weighted by molar-refractivity contribution is -0.146. The van der Waals surface area contributed by atoms with Gasteiger partial charge in [0, 0.05) is 28.7 Å². The Balaban J connectivity index is 1.67. The van der Waals surface area contributed by atoms with E-state index in [-0.39, 0.29) is 12.1 Å². The molecule has 0 fully saturated rings. The van der Waals surface area contributed by atoms with Gasteiger partial charge in [-0.2, -0.15) is 0 Å². The Morgan fingerprint density at radius 3 is 2.43 bits per heavy atom. The molecule has 0 spiro atoms. The lowest BCUT2D eigenvalue weighted by Crippen LogP contribution is -2.53. The van der Waals surface area contributed by atoms with Crippen LogP contribution in [-0.4, -0.2) is 48.1 Å². The number of amides is 2. The van der Waals surface area contributed by atoms with Crippen LogP contribution in [-0.2, 0) is 20.7 Å². The molecule has 9 heteroatoms. The van der Waals surface area contributed by atoms with Crippen LogP contribution in [0.2, 0.25) is 0 Å². The predicted molar refractivity (Wildman–Crippen MR) is 135 cm³/mol. The van der Waals surface area contributed by atoms with Crippen LogP contribution >= 0.6 is 0 Å². The van der Waals surface area contributed by atoms with Crippen molar-refractivity contribution in [3.63, 3.8) is 0 Å². The number of hydrogen-bond donors (Lipinski definition) is 2. The van der Waals surface area contributed by atoms with Gasteiger partial charge in [0.1, 0.15) is 17.9 Å². The molecule has 3 aromatic carbocycles. The number of carbonyl (C=O) groups excluding carboxylic acids is 3. The normalized spacial score (nSPS) is 16.7. The average molecular weight is 502 g/mol. The van der Waals surface area contributed by atoms with Crippen LogP contribution in [0.15, 0.2) is 72.8 Å². The number of esters is 2. The minimum Gasteiger partial charge on any atom is -0.467 e. The number of hydrogen-bond acceptors (Lipinski definition) is 5. The molecule has 1 aliphatic rings.